The number of rotatable bonds is 2. The number of benzene rings is 4. The Hall–Kier alpha value is -2.80. The van der Waals surface area contributed by atoms with Crippen LogP contribution in [-0.4, -0.2) is 0 Å². The van der Waals surface area contributed by atoms with Crippen LogP contribution in [0.15, 0.2) is 66.7 Å². The molecule has 1 nitrogen and oxygen atoms in total. The van der Waals surface area contributed by atoms with Crippen LogP contribution < -0.4 is 4.74 Å². The van der Waals surface area contributed by atoms with E-state index >= 15 is 0 Å². The zero-order chi connectivity index (χ0) is 16.7. The SMILES string of the molecule is Cc1cc(C)c(Oc2cccc3cc4ccccc4cc23)c(C)c1. The van der Waals surface area contributed by atoms with Gasteiger partial charge in [-0.15, -0.1) is 0 Å². The van der Waals surface area contributed by atoms with Crippen molar-refractivity contribution in [1.29, 1.82) is 0 Å². The van der Waals surface area contributed by atoms with Crippen LogP contribution >= 0.6 is 0 Å². The molecule has 24 heavy (non-hydrogen) atoms. The number of aryl methyl sites for hydroxylation is 3. The minimum atomic E-state index is 0.910. The van der Waals surface area contributed by atoms with Crippen molar-refractivity contribution in [3.05, 3.63) is 83.4 Å². The molecule has 4 aromatic carbocycles. The first kappa shape index (κ1) is 14.8. The average Bonchev–Trinajstić information content (AvgIpc) is 2.56. The molecule has 0 unspecified atom stereocenters. The van der Waals surface area contributed by atoms with E-state index in [0.717, 1.165) is 16.9 Å². The summed E-state index contributed by atoms with van der Waals surface area (Å²) in [4.78, 5) is 0. The summed E-state index contributed by atoms with van der Waals surface area (Å²) in [5, 5.41) is 4.84. The van der Waals surface area contributed by atoms with E-state index in [0.29, 0.717) is 0 Å². The molecule has 1 heteroatoms. The molecule has 0 atom stereocenters. The van der Waals surface area contributed by atoms with E-state index < -0.39 is 0 Å². The standard InChI is InChI=1S/C23H20O/c1-15-11-16(2)23(17(3)12-15)24-22-10-6-9-20-13-18-7-4-5-8-19(18)14-21(20)22/h4-14H,1-3H3. The third-order valence-electron chi connectivity index (χ3n) is 4.52. The van der Waals surface area contributed by atoms with Crippen LogP contribution in [0.5, 0.6) is 11.5 Å². The Labute approximate surface area is 142 Å². The second-order valence-electron chi connectivity index (χ2n) is 6.51. The topological polar surface area (TPSA) is 9.23 Å². The van der Waals surface area contributed by atoms with E-state index in [-0.39, 0.29) is 0 Å². The van der Waals surface area contributed by atoms with Crippen LogP contribution in [0.1, 0.15) is 16.7 Å². The summed E-state index contributed by atoms with van der Waals surface area (Å²) in [6.45, 7) is 6.33. The smallest absolute Gasteiger partial charge is 0.135 e. The molecule has 0 saturated heterocycles. The van der Waals surface area contributed by atoms with Crippen molar-refractivity contribution >= 4 is 21.5 Å². The second-order valence-corrected chi connectivity index (χ2v) is 6.51. The molecule has 0 aliphatic rings. The van der Waals surface area contributed by atoms with E-state index in [1.54, 1.807) is 0 Å². The molecule has 0 fully saturated rings. The van der Waals surface area contributed by atoms with E-state index in [1.165, 1.54) is 32.8 Å². The molecule has 0 bridgehead atoms. The Balaban J connectivity index is 1.89. The summed E-state index contributed by atoms with van der Waals surface area (Å²) in [6.07, 6.45) is 0. The van der Waals surface area contributed by atoms with Crippen LogP contribution in [0.4, 0.5) is 0 Å². The fraction of sp³-hybridized carbons (Fsp3) is 0.130. The lowest BCUT2D eigenvalue weighted by Gasteiger charge is -2.15. The van der Waals surface area contributed by atoms with Crippen molar-refractivity contribution in [2.75, 3.05) is 0 Å². The largest absolute Gasteiger partial charge is 0.456 e. The zero-order valence-electron chi connectivity index (χ0n) is 14.3. The maximum atomic E-state index is 6.36. The van der Waals surface area contributed by atoms with Gasteiger partial charge in [-0.05, 0) is 66.3 Å². The molecule has 4 rings (SSSR count). The molecule has 0 heterocycles. The highest BCUT2D eigenvalue weighted by Crippen LogP contribution is 2.35. The van der Waals surface area contributed by atoms with Gasteiger partial charge in [-0.3, -0.25) is 0 Å². The number of ether oxygens (including phenoxy) is 1. The Morgan fingerprint density at radius 1 is 0.625 bits per heavy atom. The number of hydrogen-bond donors (Lipinski definition) is 0. The van der Waals surface area contributed by atoms with Gasteiger partial charge in [-0.1, -0.05) is 54.1 Å². The van der Waals surface area contributed by atoms with Crippen LogP contribution in [0, 0.1) is 20.8 Å². The lowest BCUT2D eigenvalue weighted by molar-refractivity contribution is 0.480. The molecular formula is C23H20O. The molecular weight excluding hydrogens is 292 g/mol. The summed E-state index contributed by atoms with van der Waals surface area (Å²) >= 11 is 0. The second kappa shape index (κ2) is 5.68. The highest BCUT2D eigenvalue weighted by Gasteiger charge is 2.10. The van der Waals surface area contributed by atoms with Gasteiger partial charge in [0.05, 0.1) is 0 Å². The molecule has 0 aliphatic carbocycles. The van der Waals surface area contributed by atoms with Crippen LogP contribution in [0.3, 0.4) is 0 Å². The van der Waals surface area contributed by atoms with Crippen molar-refractivity contribution in [2.45, 2.75) is 20.8 Å². The fourth-order valence-electron chi connectivity index (χ4n) is 3.46. The lowest BCUT2D eigenvalue weighted by atomic mass is 10.0. The van der Waals surface area contributed by atoms with Gasteiger partial charge in [0.25, 0.3) is 0 Å². The molecule has 0 aromatic heterocycles. The normalized spacial score (nSPS) is 11.1. The Bertz CT molecular complexity index is 1040. The minimum Gasteiger partial charge on any atom is -0.456 e. The number of fused-ring (bicyclic) bond motifs is 2. The summed E-state index contributed by atoms with van der Waals surface area (Å²) in [7, 11) is 0. The van der Waals surface area contributed by atoms with Crippen LogP contribution in [0.2, 0.25) is 0 Å². The maximum absolute atomic E-state index is 6.36. The highest BCUT2D eigenvalue weighted by molar-refractivity contribution is 6.00. The Morgan fingerprint density at radius 3 is 1.96 bits per heavy atom. The van der Waals surface area contributed by atoms with E-state index in [1.807, 2.05) is 0 Å². The molecule has 0 amide bonds. The zero-order valence-corrected chi connectivity index (χ0v) is 14.3. The van der Waals surface area contributed by atoms with Gasteiger partial charge < -0.3 is 4.74 Å². The van der Waals surface area contributed by atoms with Gasteiger partial charge in [0.15, 0.2) is 0 Å². The van der Waals surface area contributed by atoms with E-state index in [4.69, 9.17) is 4.74 Å². The highest BCUT2D eigenvalue weighted by atomic mass is 16.5. The first-order chi connectivity index (χ1) is 11.6. The van der Waals surface area contributed by atoms with E-state index in [9.17, 15) is 0 Å². The summed E-state index contributed by atoms with van der Waals surface area (Å²) in [5.74, 6) is 1.87. The summed E-state index contributed by atoms with van der Waals surface area (Å²) in [6, 6.07) is 23.5. The quantitative estimate of drug-likeness (QED) is 0.374. The van der Waals surface area contributed by atoms with Gasteiger partial charge in [-0.25, -0.2) is 0 Å². The molecule has 0 saturated carbocycles. The molecule has 0 aliphatic heterocycles. The molecule has 0 N–H and O–H groups in total. The predicted octanol–water partition coefficient (Wildman–Crippen LogP) is 6.71. The lowest BCUT2D eigenvalue weighted by Crippen LogP contribution is -1.93. The fourth-order valence-corrected chi connectivity index (χ4v) is 3.46. The first-order valence-corrected chi connectivity index (χ1v) is 8.29. The third-order valence-corrected chi connectivity index (χ3v) is 4.52. The van der Waals surface area contributed by atoms with Crippen LogP contribution in [0.25, 0.3) is 21.5 Å². The molecule has 118 valence electrons. The van der Waals surface area contributed by atoms with Gasteiger partial charge in [0, 0.05) is 5.39 Å². The van der Waals surface area contributed by atoms with Gasteiger partial charge in [0.1, 0.15) is 11.5 Å². The van der Waals surface area contributed by atoms with Crippen molar-refractivity contribution in [1.82, 2.24) is 0 Å². The van der Waals surface area contributed by atoms with Gasteiger partial charge >= 0.3 is 0 Å². The molecule has 0 spiro atoms. The maximum Gasteiger partial charge on any atom is 0.135 e. The monoisotopic (exact) mass is 312 g/mol. The van der Waals surface area contributed by atoms with Crippen LogP contribution in [-0.2, 0) is 0 Å². The predicted molar refractivity (Wildman–Crippen MR) is 102 cm³/mol. The van der Waals surface area contributed by atoms with Crippen molar-refractivity contribution in [3.63, 3.8) is 0 Å². The minimum absolute atomic E-state index is 0.910. The van der Waals surface area contributed by atoms with Gasteiger partial charge in [-0.2, -0.15) is 0 Å². The Morgan fingerprint density at radius 2 is 1.25 bits per heavy atom. The summed E-state index contributed by atoms with van der Waals surface area (Å²) in [5.41, 5.74) is 3.61. The first-order valence-electron chi connectivity index (χ1n) is 8.29. The summed E-state index contributed by atoms with van der Waals surface area (Å²) < 4.78 is 6.36. The van der Waals surface area contributed by atoms with Gasteiger partial charge in [0.2, 0.25) is 0 Å². The van der Waals surface area contributed by atoms with Crippen molar-refractivity contribution in [2.24, 2.45) is 0 Å². The van der Waals surface area contributed by atoms with E-state index in [2.05, 4.69) is 87.5 Å². The average molecular weight is 312 g/mol. The molecule has 0 radical (unpaired) electrons. The van der Waals surface area contributed by atoms with Crippen molar-refractivity contribution in [3.8, 4) is 11.5 Å². The third kappa shape index (κ3) is 2.52. The molecule has 4 aromatic rings. The van der Waals surface area contributed by atoms with Crippen molar-refractivity contribution < 1.29 is 4.74 Å². The Kier molecular flexibility index (Phi) is 3.50. The number of hydrogen-bond acceptors (Lipinski definition) is 1.